The molecule has 4 rings (SSSR count). The van der Waals surface area contributed by atoms with Crippen LogP contribution in [0.4, 0.5) is 5.69 Å². The molecule has 1 fully saturated rings. The van der Waals surface area contributed by atoms with Gasteiger partial charge in [-0.3, -0.25) is 4.79 Å². The monoisotopic (exact) mass is 459 g/mol. The number of aromatic nitrogens is 1. The van der Waals surface area contributed by atoms with Gasteiger partial charge in [0.15, 0.2) is 0 Å². The predicted octanol–water partition coefficient (Wildman–Crippen LogP) is 4.38. The highest BCUT2D eigenvalue weighted by Gasteiger charge is 2.27. The summed E-state index contributed by atoms with van der Waals surface area (Å²) in [6, 6.07) is 8.82. The second kappa shape index (κ2) is 8.94. The van der Waals surface area contributed by atoms with Crippen LogP contribution in [-0.2, 0) is 21.2 Å². The van der Waals surface area contributed by atoms with E-state index in [4.69, 9.17) is 4.42 Å². The molecule has 0 bridgehead atoms. The van der Waals surface area contributed by atoms with E-state index in [0.29, 0.717) is 41.7 Å². The Bertz CT molecular complexity index is 1180. The Kier molecular flexibility index (Phi) is 6.27. The Morgan fingerprint density at radius 2 is 1.97 bits per heavy atom. The zero-order valence-electron chi connectivity index (χ0n) is 17.6. The van der Waals surface area contributed by atoms with Gasteiger partial charge in [-0.2, -0.15) is 4.31 Å². The number of piperidine rings is 1. The van der Waals surface area contributed by atoms with Crippen molar-refractivity contribution in [3.05, 3.63) is 52.7 Å². The lowest BCUT2D eigenvalue weighted by Gasteiger charge is -2.26. The summed E-state index contributed by atoms with van der Waals surface area (Å²) < 4.78 is 33.4. The summed E-state index contributed by atoms with van der Waals surface area (Å²) in [6.07, 6.45) is 2.85. The highest BCUT2D eigenvalue weighted by atomic mass is 32.2. The quantitative estimate of drug-likeness (QED) is 0.591. The third-order valence-electron chi connectivity index (χ3n) is 5.36. The van der Waals surface area contributed by atoms with Crippen molar-refractivity contribution in [1.82, 2.24) is 9.29 Å². The molecule has 3 aromatic rings. The van der Waals surface area contributed by atoms with Gasteiger partial charge in [0, 0.05) is 18.8 Å². The zero-order valence-corrected chi connectivity index (χ0v) is 19.2. The summed E-state index contributed by atoms with van der Waals surface area (Å²) in [7, 11) is -3.58. The molecule has 0 saturated carbocycles. The molecule has 31 heavy (non-hydrogen) atoms. The van der Waals surface area contributed by atoms with E-state index in [2.05, 4.69) is 10.3 Å². The second-order valence-electron chi connectivity index (χ2n) is 7.67. The Morgan fingerprint density at radius 3 is 2.68 bits per heavy atom. The molecular weight excluding hydrogens is 434 g/mol. The summed E-state index contributed by atoms with van der Waals surface area (Å²) in [4.78, 5) is 18.2. The molecule has 3 heterocycles. The average Bonchev–Trinajstić information content (AvgIpc) is 3.40. The molecular formula is C22H25N3O4S2. The Balaban J connectivity index is 1.50. The van der Waals surface area contributed by atoms with E-state index in [1.807, 2.05) is 17.5 Å². The molecule has 2 aromatic heterocycles. The van der Waals surface area contributed by atoms with Crippen LogP contribution in [0, 0.1) is 13.8 Å². The number of carbonyl (C=O) groups excluding carboxylic acids is 1. The van der Waals surface area contributed by atoms with Gasteiger partial charge in [-0.05, 0) is 55.8 Å². The first kappa shape index (κ1) is 21.7. The van der Waals surface area contributed by atoms with Gasteiger partial charge in [-0.25, -0.2) is 13.4 Å². The van der Waals surface area contributed by atoms with Crippen molar-refractivity contribution in [2.24, 2.45) is 0 Å². The van der Waals surface area contributed by atoms with Gasteiger partial charge >= 0.3 is 0 Å². The van der Waals surface area contributed by atoms with Crippen molar-refractivity contribution in [2.75, 3.05) is 18.4 Å². The van der Waals surface area contributed by atoms with Crippen molar-refractivity contribution in [2.45, 2.75) is 44.4 Å². The van der Waals surface area contributed by atoms with E-state index >= 15 is 0 Å². The summed E-state index contributed by atoms with van der Waals surface area (Å²) >= 11 is 1.52. The van der Waals surface area contributed by atoms with Gasteiger partial charge in [0.2, 0.25) is 21.8 Å². The minimum atomic E-state index is -3.58. The van der Waals surface area contributed by atoms with Gasteiger partial charge < -0.3 is 9.73 Å². The van der Waals surface area contributed by atoms with Crippen LogP contribution >= 0.6 is 11.3 Å². The standard InChI is InChI=1S/C22H25N3O4S2/c1-15-8-9-17(13-20(15)31(27,28)25-10-4-3-5-11-25)23-21(26)14-18-16(2)29-22(24-18)19-7-6-12-30-19/h6-9,12-13H,3-5,10-11,14H2,1-2H3,(H,23,26). The molecule has 0 radical (unpaired) electrons. The molecule has 0 unspecified atom stereocenters. The van der Waals surface area contributed by atoms with Crippen LogP contribution in [0.1, 0.15) is 36.3 Å². The van der Waals surface area contributed by atoms with Crippen LogP contribution in [0.25, 0.3) is 10.8 Å². The molecule has 1 aromatic carbocycles. The average molecular weight is 460 g/mol. The van der Waals surface area contributed by atoms with Gasteiger partial charge in [-0.1, -0.05) is 18.6 Å². The lowest BCUT2D eigenvalue weighted by Crippen LogP contribution is -2.36. The number of sulfonamides is 1. The van der Waals surface area contributed by atoms with E-state index in [-0.39, 0.29) is 17.2 Å². The molecule has 9 heteroatoms. The number of benzene rings is 1. The molecule has 7 nitrogen and oxygen atoms in total. The van der Waals surface area contributed by atoms with Gasteiger partial charge in [-0.15, -0.1) is 11.3 Å². The summed E-state index contributed by atoms with van der Waals surface area (Å²) in [5, 5.41) is 4.74. The molecule has 164 valence electrons. The second-order valence-corrected chi connectivity index (χ2v) is 10.5. The van der Waals surface area contributed by atoms with Crippen LogP contribution in [0.5, 0.6) is 0 Å². The maximum atomic E-state index is 13.1. The minimum Gasteiger partial charge on any atom is -0.440 e. The third kappa shape index (κ3) is 4.73. The van der Waals surface area contributed by atoms with Gasteiger partial charge in [0.25, 0.3) is 0 Å². The van der Waals surface area contributed by atoms with Crippen molar-refractivity contribution in [3.63, 3.8) is 0 Å². The zero-order chi connectivity index (χ0) is 22.0. The third-order valence-corrected chi connectivity index (χ3v) is 8.26. The van der Waals surface area contributed by atoms with Crippen molar-refractivity contribution in [3.8, 4) is 10.8 Å². The number of rotatable bonds is 6. The number of oxazole rings is 1. The van der Waals surface area contributed by atoms with E-state index < -0.39 is 10.0 Å². The molecule has 1 N–H and O–H groups in total. The number of anilines is 1. The molecule has 0 aliphatic carbocycles. The Morgan fingerprint density at radius 1 is 1.19 bits per heavy atom. The summed E-state index contributed by atoms with van der Waals surface area (Å²) in [6.45, 7) is 4.63. The van der Waals surface area contributed by atoms with E-state index in [0.717, 1.165) is 24.1 Å². The van der Waals surface area contributed by atoms with Crippen LogP contribution in [0.3, 0.4) is 0 Å². The molecule has 1 saturated heterocycles. The van der Waals surface area contributed by atoms with E-state index in [1.54, 1.807) is 32.0 Å². The van der Waals surface area contributed by atoms with E-state index in [1.165, 1.54) is 15.6 Å². The smallest absolute Gasteiger partial charge is 0.243 e. The largest absolute Gasteiger partial charge is 0.440 e. The van der Waals surface area contributed by atoms with Gasteiger partial charge in [0.05, 0.1) is 21.9 Å². The fourth-order valence-corrected chi connectivity index (χ4v) is 6.07. The maximum absolute atomic E-state index is 13.1. The number of nitrogens with zero attached hydrogens (tertiary/aromatic N) is 2. The number of amides is 1. The fraction of sp³-hybridized carbons (Fsp3) is 0.364. The topological polar surface area (TPSA) is 92.5 Å². The van der Waals surface area contributed by atoms with Crippen LogP contribution in [0.15, 0.2) is 45.0 Å². The van der Waals surface area contributed by atoms with Gasteiger partial charge in [0.1, 0.15) is 5.76 Å². The number of nitrogens with one attached hydrogen (secondary N) is 1. The molecule has 0 atom stereocenters. The lowest BCUT2D eigenvalue weighted by atomic mass is 10.2. The fourth-order valence-electron chi connectivity index (χ4n) is 3.66. The van der Waals surface area contributed by atoms with Crippen LogP contribution < -0.4 is 5.32 Å². The molecule has 1 amide bonds. The maximum Gasteiger partial charge on any atom is 0.243 e. The first-order chi connectivity index (χ1) is 14.8. The predicted molar refractivity (Wildman–Crippen MR) is 121 cm³/mol. The highest BCUT2D eigenvalue weighted by molar-refractivity contribution is 7.89. The number of hydrogen-bond donors (Lipinski definition) is 1. The number of aryl methyl sites for hydroxylation is 2. The lowest BCUT2D eigenvalue weighted by molar-refractivity contribution is -0.115. The number of carbonyl (C=O) groups is 1. The SMILES string of the molecule is Cc1ccc(NC(=O)Cc2nc(-c3cccs3)oc2C)cc1S(=O)(=O)N1CCCCC1. The normalized spacial score (nSPS) is 15.2. The van der Waals surface area contributed by atoms with Crippen LogP contribution in [0.2, 0.25) is 0 Å². The Labute approximate surface area is 186 Å². The summed E-state index contributed by atoms with van der Waals surface area (Å²) in [5.41, 5.74) is 1.68. The first-order valence-corrected chi connectivity index (χ1v) is 12.6. The van der Waals surface area contributed by atoms with Crippen molar-refractivity contribution >= 4 is 33.0 Å². The summed E-state index contributed by atoms with van der Waals surface area (Å²) in [5.74, 6) is 0.815. The van der Waals surface area contributed by atoms with E-state index in [9.17, 15) is 13.2 Å². The molecule has 1 aliphatic heterocycles. The molecule has 1 aliphatic rings. The first-order valence-electron chi connectivity index (χ1n) is 10.3. The van der Waals surface area contributed by atoms with Crippen molar-refractivity contribution < 1.29 is 17.6 Å². The molecule has 0 spiro atoms. The minimum absolute atomic E-state index is 0.0444. The van der Waals surface area contributed by atoms with Crippen molar-refractivity contribution in [1.29, 1.82) is 0 Å². The number of hydrogen-bond acceptors (Lipinski definition) is 6. The highest BCUT2D eigenvalue weighted by Crippen LogP contribution is 2.28. The van der Waals surface area contributed by atoms with Crippen LogP contribution in [-0.4, -0.2) is 36.7 Å². The Hall–Kier alpha value is -2.49. The number of thiophene rings is 1.